The number of carbonyl (C=O) groups is 3. The van der Waals surface area contributed by atoms with Gasteiger partial charge in [-0.25, -0.2) is 0 Å². The summed E-state index contributed by atoms with van der Waals surface area (Å²) in [7, 11) is 1.57. The zero-order valence-corrected chi connectivity index (χ0v) is 19.6. The number of hydrogen-bond acceptors (Lipinski definition) is 5. The van der Waals surface area contributed by atoms with Crippen LogP contribution < -0.4 is 5.32 Å². The van der Waals surface area contributed by atoms with Crippen molar-refractivity contribution in [2.75, 3.05) is 40.0 Å². The van der Waals surface area contributed by atoms with Crippen LogP contribution in [0.1, 0.15) is 49.0 Å². The highest BCUT2D eigenvalue weighted by atomic mass is 16.5. The van der Waals surface area contributed by atoms with Crippen molar-refractivity contribution in [3.63, 3.8) is 0 Å². The van der Waals surface area contributed by atoms with E-state index in [4.69, 9.17) is 9.47 Å². The number of carbonyl (C=O) groups excluding carboxylic acids is 3. The molecule has 8 heteroatoms. The van der Waals surface area contributed by atoms with Crippen LogP contribution in [-0.4, -0.2) is 79.2 Å². The van der Waals surface area contributed by atoms with Crippen molar-refractivity contribution in [3.05, 3.63) is 35.4 Å². The monoisotopic (exact) mass is 445 g/mol. The number of benzene rings is 1. The van der Waals surface area contributed by atoms with Gasteiger partial charge in [0.1, 0.15) is 11.8 Å². The molecule has 1 N–H and O–H groups in total. The summed E-state index contributed by atoms with van der Waals surface area (Å²) >= 11 is 0. The average molecular weight is 446 g/mol. The lowest BCUT2D eigenvalue weighted by Crippen LogP contribution is -2.60. The van der Waals surface area contributed by atoms with E-state index in [-0.39, 0.29) is 24.3 Å². The first-order chi connectivity index (χ1) is 15.3. The number of aryl methyl sites for hydroxylation is 1. The van der Waals surface area contributed by atoms with E-state index in [1.807, 2.05) is 43.9 Å². The third-order valence-corrected chi connectivity index (χ3v) is 6.13. The van der Waals surface area contributed by atoms with Crippen LogP contribution >= 0.6 is 0 Å². The number of ether oxygens (including phenoxy) is 2. The van der Waals surface area contributed by atoms with Gasteiger partial charge >= 0.3 is 0 Å². The van der Waals surface area contributed by atoms with Crippen LogP contribution in [0, 0.1) is 12.8 Å². The Morgan fingerprint density at radius 1 is 1.25 bits per heavy atom. The minimum atomic E-state index is -0.890. The highest BCUT2D eigenvalue weighted by molar-refractivity contribution is 5.98. The van der Waals surface area contributed by atoms with Gasteiger partial charge in [0.25, 0.3) is 5.91 Å². The van der Waals surface area contributed by atoms with Gasteiger partial charge in [-0.2, -0.15) is 0 Å². The summed E-state index contributed by atoms with van der Waals surface area (Å²) in [4.78, 5) is 42.6. The molecule has 0 aliphatic carbocycles. The first kappa shape index (κ1) is 24.2. The van der Waals surface area contributed by atoms with Crippen LogP contribution in [-0.2, 0) is 19.1 Å². The van der Waals surface area contributed by atoms with Gasteiger partial charge in [-0.3, -0.25) is 19.3 Å². The average Bonchev–Trinajstić information content (AvgIpc) is 3.12. The van der Waals surface area contributed by atoms with Crippen LogP contribution in [0.3, 0.4) is 0 Å². The maximum absolute atomic E-state index is 13.6. The van der Waals surface area contributed by atoms with E-state index in [1.54, 1.807) is 18.1 Å². The molecule has 2 aliphatic heterocycles. The molecular weight excluding hydrogens is 410 g/mol. The molecule has 1 unspecified atom stereocenters. The Balaban J connectivity index is 1.82. The molecular formula is C24H35N3O5. The molecule has 1 spiro atoms. The Morgan fingerprint density at radius 3 is 2.59 bits per heavy atom. The molecule has 32 heavy (non-hydrogen) atoms. The minimum Gasteiger partial charge on any atom is -0.383 e. The van der Waals surface area contributed by atoms with E-state index >= 15 is 0 Å². The predicted octanol–water partition coefficient (Wildman–Crippen LogP) is 1.96. The van der Waals surface area contributed by atoms with Crippen molar-refractivity contribution >= 4 is 17.7 Å². The van der Waals surface area contributed by atoms with E-state index in [9.17, 15) is 14.4 Å². The second-order valence-electron chi connectivity index (χ2n) is 9.08. The summed E-state index contributed by atoms with van der Waals surface area (Å²) in [5, 5.41) is 2.84. The second-order valence-corrected chi connectivity index (χ2v) is 9.08. The Morgan fingerprint density at radius 2 is 1.97 bits per heavy atom. The van der Waals surface area contributed by atoms with E-state index < -0.39 is 11.8 Å². The molecule has 0 bridgehead atoms. The number of piperidine rings is 1. The van der Waals surface area contributed by atoms with E-state index in [1.165, 1.54) is 0 Å². The van der Waals surface area contributed by atoms with Crippen molar-refractivity contribution in [1.82, 2.24) is 15.1 Å². The molecule has 2 aliphatic rings. The minimum absolute atomic E-state index is 0.123. The van der Waals surface area contributed by atoms with Gasteiger partial charge in [-0.1, -0.05) is 31.5 Å². The van der Waals surface area contributed by atoms with Crippen LogP contribution in [0.4, 0.5) is 0 Å². The number of rotatable bonds is 7. The van der Waals surface area contributed by atoms with Gasteiger partial charge in [0.15, 0.2) is 0 Å². The standard InChI is InChI=1S/C24H35N3O5/c1-17(2)14-21(28)26-11-8-24(9-12-26)27(23(30)19-7-5-6-18(3)15-19)20(16-32-24)22(29)25-10-13-31-4/h5-7,15,17,20H,8-14,16H2,1-4H3,(H,25,29). The molecule has 0 radical (unpaired) electrons. The summed E-state index contributed by atoms with van der Waals surface area (Å²) in [6.45, 7) is 7.88. The Hall–Kier alpha value is -2.45. The lowest BCUT2D eigenvalue weighted by molar-refractivity contribution is -0.144. The zero-order chi connectivity index (χ0) is 23.3. The van der Waals surface area contributed by atoms with Gasteiger partial charge in [-0.05, 0) is 25.0 Å². The molecule has 1 aromatic carbocycles. The fraction of sp³-hybridized carbons (Fsp3) is 0.625. The van der Waals surface area contributed by atoms with Gasteiger partial charge in [0.2, 0.25) is 11.8 Å². The normalized spacial score (nSPS) is 20.1. The number of hydrogen-bond donors (Lipinski definition) is 1. The largest absolute Gasteiger partial charge is 0.383 e. The first-order valence-corrected chi connectivity index (χ1v) is 11.4. The fourth-order valence-corrected chi connectivity index (χ4v) is 4.46. The number of nitrogens with zero attached hydrogens (tertiary/aromatic N) is 2. The second kappa shape index (κ2) is 10.4. The molecule has 1 aromatic rings. The van der Waals surface area contributed by atoms with Crippen molar-refractivity contribution in [2.24, 2.45) is 5.92 Å². The van der Waals surface area contributed by atoms with Crippen molar-refractivity contribution in [3.8, 4) is 0 Å². The number of methoxy groups -OCH3 is 1. The third kappa shape index (κ3) is 5.30. The van der Waals surface area contributed by atoms with E-state index in [2.05, 4.69) is 5.32 Å². The summed E-state index contributed by atoms with van der Waals surface area (Å²) < 4.78 is 11.2. The Labute approximate surface area is 190 Å². The predicted molar refractivity (Wildman–Crippen MR) is 120 cm³/mol. The van der Waals surface area contributed by atoms with Crippen LogP contribution in [0.15, 0.2) is 24.3 Å². The topological polar surface area (TPSA) is 88.2 Å². The summed E-state index contributed by atoms with van der Waals surface area (Å²) in [5.74, 6) is -0.0581. The number of amides is 3. The molecule has 8 nitrogen and oxygen atoms in total. The van der Waals surface area contributed by atoms with Crippen LogP contribution in [0.25, 0.3) is 0 Å². The van der Waals surface area contributed by atoms with Crippen LogP contribution in [0.2, 0.25) is 0 Å². The summed E-state index contributed by atoms with van der Waals surface area (Å²) in [6.07, 6.45) is 1.47. The van der Waals surface area contributed by atoms with E-state index in [0.29, 0.717) is 57.0 Å². The van der Waals surface area contributed by atoms with Gasteiger partial charge in [0.05, 0.1) is 13.2 Å². The summed E-state index contributed by atoms with van der Waals surface area (Å²) in [6, 6.07) is 6.64. The molecule has 3 rings (SSSR count). The SMILES string of the molecule is COCCNC(=O)C1COC2(CCN(C(=O)CC(C)C)CC2)N1C(=O)c1cccc(C)c1. The molecule has 2 fully saturated rings. The van der Waals surface area contributed by atoms with Gasteiger partial charge < -0.3 is 19.7 Å². The molecule has 176 valence electrons. The maximum atomic E-state index is 13.6. The molecule has 3 amide bonds. The first-order valence-electron chi connectivity index (χ1n) is 11.4. The van der Waals surface area contributed by atoms with Crippen molar-refractivity contribution in [2.45, 2.75) is 51.8 Å². The lowest BCUT2D eigenvalue weighted by atomic mass is 9.95. The molecule has 2 heterocycles. The molecule has 2 saturated heterocycles. The quantitative estimate of drug-likeness (QED) is 0.649. The highest BCUT2D eigenvalue weighted by Crippen LogP contribution is 2.38. The van der Waals surface area contributed by atoms with Gasteiger partial charge in [0, 0.05) is 51.6 Å². The molecule has 0 aromatic heterocycles. The third-order valence-electron chi connectivity index (χ3n) is 6.13. The maximum Gasteiger partial charge on any atom is 0.256 e. The Kier molecular flexibility index (Phi) is 7.90. The van der Waals surface area contributed by atoms with Crippen molar-refractivity contribution in [1.29, 1.82) is 0 Å². The Bertz CT molecular complexity index is 833. The molecule has 1 atom stereocenters. The fourth-order valence-electron chi connectivity index (χ4n) is 4.46. The van der Waals surface area contributed by atoms with Crippen LogP contribution in [0.5, 0.6) is 0 Å². The highest BCUT2D eigenvalue weighted by Gasteiger charge is 2.54. The van der Waals surface area contributed by atoms with Gasteiger partial charge in [-0.15, -0.1) is 0 Å². The molecule has 0 saturated carbocycles. The lowest BCUT2D eigenvalue weighted by Gasteiger charge is -2.44. The smallest absolute Gasteiger partial charge is 0.256 e. The van der Waals surface area contributed by atoms with Crippen molar-refractivity contribution < 1.29 is 23.9 Å². The summed E-state index contributed by atoms with van der Waals surface area (Å²) in [5.41, 5.74) is 0.613. The zero-order valence-electron chi connectivity index (χ0n) is 19.6. The van der Waals surface area contributed by atoms with E-state index in [0.717, 1.165) is 5.56 Å². The number of nitrogens with one attached hydrogen (secondary N) is 1. The number of likely N-dealkylation sites (tertiary alicyclic amines) is 1.